The van der Waals surface area contributed by atoms with Crippen molar-refractivity contribution in [1.29, 1.82) is 0 Å². The van der Waals surface area contributed by atoms with Crippen LogP contribution in [0, 0.1) is 5.82 Å². The number of alkyl halides is 3. The number of rotatable bonds is 5. The first-order valence-electron chi connectivity index (χ1n) is 9.64. The fourth-order valence-corrected chi connectivity index (χ4v) is 3.55. The number of nitrogens with zero attached hydrogens (tertiary/aromatic N) is 4. The molecule has 34 heavy (non-hydrogen) atoms. The fraction of sp³-hybridized carbons (Fsp3) is 0.200. The van der Waals surface area contributed by atoms with Gasteiger partial charge < -0.3 is 20.9 Å². The maximum absolute atomic E-state index is 14.0. The zero-order chi connectivity index (χ0) is 24.6. The van der Waals surface area contributed by atoms with E-state index < -0.39 is 42.5 Å². The van der Waals surface area contributed by atoms with Gasteiger partial charge in [0.15, 0.2) is 5.82 Å². The third-order valence-electron chi connectivity index (χ3n) is 5.06. The molecule has 178 valence electrons. The van der Waals surface area contributed by atoms with E-state index in [2.05, 4.69) is 20.1 Å². The highest BCUT2D eigenvalue weighted by Crippen LogP contribution is 2.28. The van der Waals surface area contributed by atoms with Gasteiger partial charge in [0.25, 0.3) is 0 Å². The highest BCUT2D eigenvalue weighted by Gasteiger charge is 2.35. The van der Waals surface area contributed by atoms with E-state index in [4.69, 9.17) is 5.73 Å². The monoisotopic (exact) mass is 480 g/mol. The summed E-state index contributed by atoms with van der Waals surface area (Å²) in [5.74, 6) is -2.11. The van der Waals surface area contributed by atoms with Crippen molar-refractivity contribution in [2.24, 2.45) is 0 Å². The summed E-state index contributed by atoms with van der Waals surface area (Å²) in [6, 6.07) is 4.38. The molecule has 0 bridgehead atoms. The number of fused-ring (bicyclic) bond motifs is 1. The number of aromatic nitrogens is 3. The molecule has 10 nitrogen and oxygen atoms in total. The van der Waals surface area contributed by atoms with Crippen molar-refractivity contribution in [2.45, 2.75) is 18.9 Å². The third kappa shape index (κ3) is 4.55. The maximum Gasteiger partial charge on any atom is 0.573 e. The molecule has 2 amide bonds. The van der Waals surface area contributed by atoms with E-state index in [1.54, 1.807) is 12.1 Å². The normalized spacial score (nSPS) is 15.9. The molecule has 1 aliphatic heterocycles. The SMILES string of the molecule is Nc1ncnn2c(C3=CC(C(=O)NCc4cc(OC(F)(F)F)ccc4F)N(C(=O)O)C3)ccc12. The molecule has 0 aliphatic carbocycles. The van der Waals surface area contributed by atoms with Crippen LogP contribution in [0.4, 0.5) is 28.2 Å². The number of carbonyl (C=O) groups is 2. The predicted octanol–water partition coefficient (Wildman–Crippen LogP) is 2.41. The summed E-state index contributed by atoms with van der Waals surface area (Å²) in [4.78, 5) is 29.2. The number of carboxylic acid groups (broad SMARTS) is 1. The average molecular weight is 480 g/mol. The van der Waals surface area contributed by atoms with Gasteiger partial charge in [0.2, 0.25) is 5.91 Å². The van der Waals surface area contributed by atoms with Gasteiger partial charge in [-0.2, -0.15) is 5.10 Å². The molecule has 0 saturated carbocycles. The lowest BCUT2D eigenvalue weighted by molar-refractivity contribution is -0.274. The van der Waals surface area contributed by atoms with E-state index in [9.17, 15) is 32.3 Å². The smallest absolute Gasteiger partial charge is 0.465 e. The molecule has 0 radical (unpaired) electrons. The van der Waals surface area contributed by atoms with Gasteiger partial charge in [0.05, 0.1) is 12.2 Å². The number of nitrogens with two attached hydrogens (primary N) is 1. The van der Waals surface area contributed by atoms with Crippen molar-refractivity contribution in [3.63, 3.8) is 0 Å². The van der Waals surface area contributed by atoms with E-state index in [0.717, 1.165) is 23.1 Å². The van der Waals surface area contributed by atoms with E-state index in [0.29, 0.717) is 16.8 Å². The molecular formula is C20H16F4N6O4. The maximum atomic E-state index is 14.0. The minimum absolute atomic E-state index is 0.146. The van der Waals surface area contributed by atoms with Gasteiger partial charge >= 0.3 is 12.5 Å². The van der Waals surface area contributed by atoms with Crippen LogP contribution in [0.5, 0.6) is 5.75 Å². The van der Waals surface area contributed by atoms with Crippen LogP contribution in [0.1, 0.15) is 11.3 Å². The Morgan fingerprint density at radius 3 is 2.74 bits per heavy atom. The summed E-state index contributed by atoms with van der Waals surface area (Å²) in [6.45, 7) is -0.641. The zero-order valence-corrected chi connectivity index (χ0v) is 17.1. The minimum Gasteiger partial charge on any atom is -0.465 e. The Kier molecular flexibility index (Phi) is 5.73. The molecule has 1 aromatic carbocycles. The summed E-state index contributed by atoms with van der Waals surface area (Å²) in [5, 5.41) is 16.0. The summed E-state index contributed by atoms with van der Waals surface area (Å²) < 4.78 is 56.5. The van der Waals surface area contributed by atoms with Crippen LogP contribution in [0.15, 0.2) is 42.7 Å². The summed E-state index contributed by atoms with van der Waals surface area (Å²) in [7, 11) is 0. The molecular weight excluding hydrogens is 464 g/mol. The Hall–Kier alpha value is -4.36. The molecule has 2 aromatic heterocycles. The van der Waals surface area contributed by atoms with Crippen LogP contribution >= 0.6 is 0 Å². The standard InChI is InChI=1S/C20H16F4N6O4/c21-13-2-1-12(34-20(22,23)24)5-10(13)7-26-18(31)16-6-11(8-29(16)19(32)33)14-3-4-15-17(25)27-9-28-30(14)15/h1-6,9,16H,7-8H2,(H,26,31)(H,32,33)(H2,25,27,28). The van der Waals surface area contributed by atoms with Gasteiger partial charge in [-0.3, -0.25) is 9.69 Å². The van der Waals surface area contributed by atoms with Crippen LogP contribution in [-0.4, -0.2) is 55.6 Å². The largest absolute Gasteiger partial charge is 0.573 e. The number of nitrogen functional groups attached to an aromatic ring is 1. The lowest BCUT2D eigenvalue weighted by Crippen LogP contribution is -2.45. The number of hydrogen-bond acceptors (Lipinski definition) is 6. The summed E-state index contributed by atoms with van der Waals surface area (Å²) in [6.07, 6.45) is -3.72. The van der Waals surface area contributed by atoms with Crippen LogP contribution in [0.25, 0.3) is 11.1 Å². The van der Waals surface area contributed by atoms with Gasteiger partial charge in [0, 0.05) is 12.1 Å². The predicted molar refractivity (Wildman–Crippen MR) is 109 cm³/mol. The van der Waals surface area contributed by atoms with E-state index in [1.807, 2.05) is 0 Å². The number of benzene rings is 1. The Morgan fingerprint density at radius 1 is 1.26 bits per heavy atom. The van der Waals surface area contributed by atoms with Crippen molar-refractivity contribution in [3.05, 3.63) is 59.8 Å². The number of anilines is 1. The highest BCUT2D eigenvalue weighted by atomic mass is 19.4. The van der Waals surface area contributed by atoms with Crippen LogP contribution < -0.4 is 15.8 Å². The molecule has 0 spiro atoms. The molecule has 4 N–H and O–H groups in total. The second-order valence-electron chi connectivity index (χ2n) is 7.23. The van der Waals surface area contributed by atoms with Crippen LogP contribution in [-0.2, 0) is 11.3 Å². The summed E-state index contributed by atoms with van der Waals surface area (Å²) in [5.41, 5.74) is 6.98. The first kappa shape index (κ1) is 22.8. The second-order valence-corrected chi connectivity index (χ2v) is 7.23. The van der Waals surface area contributed by atoms with Gasteiger partial charge in [-0.1, -0.05) is 0 Å². The van der Waals surface area contributed by atoms with Crippen molar-refractivity contribution in [1.82, 2.24) is 24.8 Å². The topological polar surface area (TPSA) is 135 Å². The Bertz CT molecular complexity index is 1310. The molecule has 4 rings (SSSR count). The van der Waals surface area contributed by atoms with E-state index >= 15 is 0 Å². The molecule has 1 unspecified atom stereocenters. The molecule has 1 aliphatic rings. The molecule has 0 saturated heterocycles. The first-order chi connectivity index (χ1) is 16.0. The minimum atomic E-state index is -4.97. The van der Waals surface area contributed by atoms with Gasteiger partial charge in [-0.25, -0.2) is 18.7 Å². The fourth-order valence-electron chi connectivity index (χ4n) is 3.55. The van der Waals surface area contributed by atoms with Crippen molar-refractivity contribution >= 4 is 28.9 Å². The van der Waals surface area contributed by atoms with Gasteiger partial charge in [-0.05, 0) is 42.0 Å². The Balaban J connectivity index is 1.55. The number of hydrogen-bond donors (Lipinski definition) is 3. The third-order valence-corrected chi connectivity index (χ3v) is 5.06. The number of ether oxygens (including phenoxy) is 1. The van der Waals surface area contributed by atoms with Gasteiger partial charge in [0.1, 0.15) is 29.5 Å². The van der Waals surface area contributed by atoms with Crippen molar-refractivity contribution < 1.29 is 37.0 Å². The lowest BCUT2D eigenvalue weighted by atomic mass is 10.1. The molecule has 14 heteroatoms. The molecule has 1 atom stereocenters. The first-order valence-corrected chi connectivity index (χ1v) is 9.64. The van der Waals surface area contributed by atoms with E-state index in [-0.39, 0.29) is 17.9 Å². The molecule has 0 fully saturated rings. The number of carbonyl (C=O) groups excluding carboxylic acids is 1. The van der Waals surface area contributed by atoms with Crippen molar-refractivity contribution in [2.75, 3.05) is 12.3 Å². The Morgan fingerprint density at radius 2 is 2.03 bits per heavy atom. The number of amides is 2. The Labute approximate surface area is 188 Å². The highest BCUT2D eigenvalue weighted by molar-refractivity contribution is 5.92. The zero-order valence-electron chi connectivity index (χ0n) is 17.1. The number of nitrogens with one attached hydrogen (secondary N) is 1. The van der Waals surface area contributed by atoms with E-state index in [1.165, 1.54) is 16.9 Å². The second kappa shape index (κ2) is 8.53. The lowest BCUT2D eigenvalue weighted by Gasteiger charge is -2.21. The summed E-state index contributed by atoms with van der Waals surface area (Å²) >= 11 is 0. The molecule has 3 aromatic rings. The quantitative estimate of drug-likeness (QED) is 0.478. The van der Waals surface area contributed by atoms with Gasteiger partial charge in [-0.15, -0.1) is 13.2 Å². The molecule has 3 heterocycles. The van der Waals surface area contributed by atoms with Crippen molar-refractivity contribution in [3.8, 4) is 5.75 Å². The average Bonchev–Trinajstić information content (AvgIpc) is 3.38. The van der Waals surface area contributed by atoms with Crippen LogP contribution in [0.3, 0.4) is 0 Å². The van der Waals surface area contributed by atoms with Crippen LogP contribution in [0.2, 0.25) is 0 Å². The number of halogens is 4.